The van der Waals surface area contributed by atoms with Gasteiger partial charge in [0.05, 0.1) is 6.61 Å². The van der Waals surface area contributed by atoms with E-state index in [1.54, 1.807) is 0 Å². The first-order valence-electron chi connectivity index (χ1n) is 7.31. The molecule has 0 saturated carbocycles. The van der Waals surface area contributed by atoms with Gasteiger partial charge in [-0.25, -0.2) is 4.98 Å². The maximum Gasteiger partial charge on any atom is 0.218 e. The molecule has 0 aliphatic rings. The molecular formula is C17H23N3O. The molecule has 0 fully saturated rings. The molecular weight excluding hydrogens is 262 g/mol. The molecule has 0 unspecified atom stereocenters. The monoisotopic (exact) mass is 285 g/mol. The first kappa shape index (κ1) is 15.3. The van der Waals surface area contributed by atoms with Gasteiger partial charge in [-0.2, -0.15) is 4.98 Å². The van der Waals surface area contributed by atoms with E-state index in [0.29, 0.717) is 24.2 Å². The molecule has 2 aromatic rings. The topological polar surface area (TPSA) is 47.0 Å². The van der Waals surface area contributed by atoms with Gasteiger partial charge in [-0.3, -0.25) is 0 Å². The van der Waals surface area contributed by atoms with Gasteiger partial charge in [-0.05, 0) is 25.3 Å². The Kier molecular flexibility index (Phi) is 5.14. The van der Waals surface area contributed by atoms with E-state index >= 15 is 0 Å². The summed E-state index contributed by atoms with van der Waals surface area (Å²) in [5.41, 5.74) is 2.49. The highest BCUT2D eigenvalue weighted by Gasteiger charge is 2.04. The average molecular weight is 285 g/mol. The molecule has 4 heteroatoms. The maximum atomic E-state index is 5.67. The van der Waals surface area contributed by atoms with E-state index in [1.807, 2.05) is 13.0 Å². The van der Waals surface area contributed by atoms with Gasteiger partial charge in [0.1, 0.15) is 11.6 Å². The van der Waals surface area contributed by atoms with Crippen molar-refractivity contribution in [2.75, 3.05) is 11.9 Å². The Bertz CT molecular complexity index is 579. The number of nitrogens with one attached hydrogen (secondary N) is 1. The zero-order chi connectivity index (χ0) is 15.2. The zero-order valence-corrected chi connectivity index (χ0v) is 13.2. The van der Waals surface area contributed by atoms with Gasteiger partial charge in [0.2, 0.25) is 5.88 Å². The van der Waals surface area contributed by atoms with Crippen LogP contribution >= 0.6 is 0 Å². The molecule has 0 aliphatic heterocycles. The molecule has 0 aliphatic carbocycles. The second kappa shape index (κ2) is 7.07. The standard InChI is InChI=1S/C17H23N3O/c1-12(2)11-21-17-9-16(19-14(4)20-17)18-10-15-7-5-13(3)6-8-15/h5-9,12H,10-11H2,1-4H3,(H,18,19,20). The predicted octanol–water partition coefficient (Wildman–Crippen LogP) is 3.74. The quantitative estimate of drug-likeness (QED) is 0.878. The lowest BCUT2D eigenvalue weighted by Gasteiger charge is -2.11. The van der Waals surface area contributed by atoms with Gasteiger partial charge in [0.25, 0.3) is 0 Å². The third kappa shape index (κ3) is 5.06. The highest BCUT2D eigenvalue weighted by Crippen LogP contribution is 2.15. The normalized spacial score (nSPS) is 10.7. The van der Waals surface area contributed by atoms with Crippen molar-refractivity contribution in [1.82, 2.24) is 9.97 Å². The number of rotatable bonds is 6. The highest BCUT2D eigenvalue weighted by molar-refractivity contribution is 5.39. The van der Waals surface area contributed by atoms with Crippen LogP contribution in [0.3, 0.4) is 0 Å². The molecule has 0 radical (unpaired) electrons. The van der Waals surface area contributed by atoms with Gasteiger partial charge < -0.3 is 10.1 Å². The Hall–Kier alpha value is -2.10. The van der Waals surface area contributed by atoms with Crippen LogP contribution < -0.4 is 10.1 Å². The van der Waals surface area contributed by atoms with Gasteiger partial charge in [-0.1, -0.05) is 43.7 Å². The molecule has 1 heterocycles. The molecule has 0 atom stereocenters. The van der Waals surface area contributed by atoms with Crippen molar-refractivity contribution in [3.8, 4) is 5.88 Å². The summed E-state index contributed by atoms with van der Waals surface area (Å²) in [6.07, 6.45) is 0. The molecule has 1 aromatic heterocycles. The smallest absolute Gasteiger partial charge is 0.218 e. The van der Waals surface area contributed by atoms with E-state index in [1.165, 1.54) is 11.1 Å². The second-order valence-corrected chi connectivity index (χ2v) is 5.68. The van der Waals surface area contributed by atoms with Crippen LogP contribution in [0, 0.1) is 19.8 Å². The van der Waals surface area contributed by atoms with Crippen LogP contribution in [-0.2, 0) is 6.54 Å². The summed E-state index contributed by atoms with van der Waals surface area (Å²) in [6, 6.07) is 10.3. The van der Waals surface area contributed by atoms with Crippen molar-refractivity contribution in [2.45, 2.75) is 34.2 Å². The Morgan fingerprint density at radius 3 is 2.48 bits per heavy atom. The van der Waals surface area contributed by atoms with Crippen LogP contribution in [0.15, 0.2) is 30.3 Å². The fourth-order valence-electron chi connectivity index (χ4n) is 1.86. The number of anilines is 1. The van der Waals surface area contributed by atoms with Crippen LogP contribution in [0.1, 0.15) is 30.8 Å². The lowest BCUT2D eigenvalue weighted by molar-refractivity contribution is 0.260. The summed E-state index contributed by atoms with van der Waals surface area (Å²) in [6.45, 7) is 9.59. The minimum Gasteiger partial charge on any atom is -0.477 e. The summed E-state index contributed by atoms with van der Waals surface area (Å²) >= 11 is 0. The lowest BCUT2D eigenvalue weighted by atomic mass is 10.1. The van der Waals surface area contributed by atoms with E-state index < -0.39 is 0 Å². The SMILES string of the molecule is Cc1ccc(CNc2cc(OCC(C)C)nc(C)n2)cc1. The molecule has 0 amide bonds. The fraction of sp³-hybridized carbons (Fsp3) is 0.412. The number of ether oxygens (including phenoxy) is 1. The zero-order valence-electron chi connectivity index (χ0n) is 13.2. The number of aryl methyl sites for hydroxylation is 2. The minimum atomic E-state index is 0.476. The highest BCUT2D eigenvalue weighted by atomic mass is 16.5. The van der Waals surface area contributed by atoms with Crippen molar-refractivity contribution in [2.24, 2.45) is 5.92 Å². The van der Waals surface area contributed by atoms with E-state index in [4.69, 9.17) is 4.74 Å². The van der Waals surface area contributed by atoms with E-state index in [9.17, 15) is 0 Å². The number of benzene rings is 1. The molecule has 1 N–H and O–H groups in total. The average Bonchev–Trinajstić information content (AvgIpc) is 2.44. The predicted molar refractivity (Wildman–Crippen MR) is 85.6 cm³/mol. The van der Waals surface area contributed by atoms with Crippen molar-refractivity contribution >= 4 is 5.82 Å². The summed E-state index contributed by atoms with van der Waals surface area (Å²) in [5, 5.41) is 3.32. The van der Waals surface area contributed by atoms with Crippen LogP contribution in [-0.4, -0.2) is 16.6 Å². The molecule has 0 saturated heterocycles. The van der Waals surface area contributed by atoms with Gasteiger partial charge >= 0.3 is 0 Å². The fourth-order valence-corrected chi connectivity index (χ4v) is 1.86. The van der Waals surface area contributed by atoms with Crippen LogP contribution in [0.2, 0.25) is 0 Å². The molecule has 0 spiro atoms. The van der Waals surface area contributed by atoms with Crippen LogP contribution in [0.5, 0.6) is 5.88 Å². The molecule has 4 nitrogen and oxygen atoms in total. The van der Waals surface area contributed by atoms with Gasteiger partial charge in [0, 0.05) is 12.6 Å². The molecule has 1 aromatic carbocycles. The Balaban J connectivity index is 2.00. The number of nitrogens with zero attached hydrogens (tertiary/aromatic N) is 2. The first-order valence-corrected chi connectivity index (χ1v) is 7.31. The number of aromatic nitrogens is 2. The Morgan fingerprint density at radius 2 is 1.81 bits per heavy atom. The first-order chi connectivity index (χ1) is 10.0. The van der Waals surface area contributed by atoms with Crippen molar-refractivity contribution < 1.29 is 4.74 Å². The Morgan fingerprint density at radius 1 is 1.10 bits per heavy atom. The van der Waals surface area contributed by atoms with Crippen molar-refractivity contribution in [1.29, 1.82) is 0 Å². The van der Waals surface area contributed by atoms with E-state index in [0.717, 1.165) is 12.4 Å². The Labute approximate surface area is 126 Å². The maximum absolute atomic E-state index is 5.67. The van der Waals surface area contributed by atoms with E-state index in [-0.39, 0.29) is 0 Å². The summed E-state index contributed by atoms with van der Waals surface area (Å²) in [7, 11) is 0. The second-order valence-electron chi connectivity index (χ2n) is 5.68. The summed E-state index contributed by atoms with van der Waals surface area (Å²) < 4.78 is 5.67. The van der Waals surface area contributed by atoms with Crippen molar-refractivity contribution in [3.63, 3.8) is 0 Å². The minimum absolute atomic E-state index is 0.476. The lowest BCUT2D eigenvalue weighted by Crippen LogP contribution is -2.08. The van der Waals surface area contributed by atoms with E-state index in [2.05, 4.69) is 60.3 Å². The van der Waals surface area contributed by atoms with Gasteiger partial charge in [-0.15, -0.1) is 0 Å². The van der Waals surface area contributed by atoms with Gasteiger partial charge in [0.15, 0.2) is 0 Å². The molecule has 2 rings (SSSR count). The molecule has 21 heavy (non-hydrogen) atoms. The molecule has 112 valence electrons. The number of hydrogen-bond donors (Lipinski definition) is 1. The summed E-state index contributed by atoms with van der Waals surface area (Å²) in [5.74, 6) is 2.61. The van der Waals surface area contributed by atoms with Crippen LogP contribution in [0.4, 0.5) is 5.82 Å². The summed E-state index contributed by atoms with van der Waals surface area (Å²) in [4.78, 5) is 8.69. The molecule has 0 bridgehead atoms. The third-order valence-corrected chi connectivity index (χ3v) is 2.97. The van der Waals surface area contributed by atoms with Crippen LogP contribution in [0.25, 0.3) is 0 Å². The van der Waals surface area contributed by atoms with Crippen molar-refractivity contribution in [3.05, 3.63) is 47.3 Å². The number of hydrogen-bond acceptors (Lipinski definition) is 4. The third-order valence-electron chi connectivity index (χ3n) is 2.97. The largest absolute Gasteiger partial charge is 0.477 e.